The average Bonchev–Trinajstić information content (AvgIpc) is 2.98. The highest BCUT2D eigenvalue weighted by Gasteiger charge is 2.19. The van der Waals surface area contributed by atoms with E-state index in [0.29, 0.717) is 16.7 Å². The SMILES string of the molecule is C=C(C)CCCn1cnc(N)c2nc(Sc3cc(C)ccc3C)nc1-2. The molecule has 0 unspecified atom stereocenters. The molecule has 1 aromatic carbocycles. The summed E-state index contributed by atoms with van der Waals surface area (Å²) < 4.78 is 2.02. The van der Waals surface area contributed by atoms with Gasteiger partial charge in [-0.1, -0.05) is 17.7 Å². The molecule has 0 fully saturated rings. The zero-order valence-electron chi connectivity index (χ0n) is 14.9. The van der Waals surface area contributed by atoms with Gasteiger partial charge in [-0.25, -0.2) is 15.0 Å². The topological polar surface area (TPSA) is 69.6 Å². The largest absolute Gasteiger partial charge is 0.382 e. The maximum Gasteiger partial charge on any atom is 0.195 e. The molecular formula is C19H23N5S. The van der Waals surface area contributed by atoms with Gasteiger partial charge in [-0.15, -0.1) is 6.58 Å². The number of allylic oxidation sites excluding steroid dienone is 1. The summed E-state index contributed by atoms with van der Waals surface area (Å²) in [6, 6.07) is 6.39. The van der Waals surface area contributed by atoms with Crippen LogP contribution in [0.15, 0.2) is 46.7 Å². The predicted molar refractivity (Wildman–Crippen MR) is 103 cm³/mol. The maximum absolute atomic E-state index is 6.01. The van der Waals surface area contributed by atoms with Crippen molar-refractivity contribution in [3.63, 3.8) is 0 Å². The van der Waals surface area contributed by atoms with E-state index in [0.717, 1.165) is 30.1 Å². The number of fused-ring (bicyclic) bond motifs is 1. The van der Waals surface area contributed by atoms with Crippen molar-refractivity contribution < 1.29 is 0 Å². The van der Waals surface area contributed by atoms with Crippen LogP contribution in [0.5, 0.6) is 0 Å². The van der Waals surface area contributed by atoms with Crippen molar-refractivity contribution >= 4 is 17.6 Å². The molecule has 5 nitrogen and oxygen atoms in total. The predicted octanol–water partition coefficient (Wildman–Crippen LogP) is 4.48. The van der Waals surface area contributed by atoms with E-state index in [4.69, 9.17) is 10.7 Å². The fourth-order valence-electron chi connectivity index (χ4n) is 2.61. The number of benzene rings is 1. The Hall–Kier alpha value is -2.34. The number of nitrogens with zero attached hydrogens (tertiary/aromatic N) is 4. The van der Waals surface area contributed by atoms with Gasteiger partial charge in [0.1, 0.15) is 0 Å². The fraction of sp³-hybridized carbons (Fsp3) is 0.316. The lowest BCUT2D eigenvalue weighted by Crippen LogP contribution is -2.08. The third-order valence-corrected chi connectivity index (χ3v) is 5.04. The molecule has 0 spiro atoms. The molecule has 0 aliphatic carbocycles. The standard InChI is InChI=1S/C19H23N5S/c1-12(2)6-5-9-24-11-21-17(20)16-18(24)23-19(22-16)25-15-10-13(3)7-8-14(15)4/h7-8,10-11H,1,5-6,9,20H2,2-4H3. The van der Waals surface area contributed by atoms with E-state index in [9.17, 15) is 0 Å². The van der Waals surface area contributed by atoms with E-state index >= 15 is 0 Å². The van der Waals surface area contributed by atoms with E-state index in [1.54, 1.807) is 18.1 Å². The van der Waals surface area contributed by atoms with Gasteiger partial charge in [-0.05, 0) is 62.6 Å². The number of anilines is 1. The van der Waals surface area contributed by atoms with Crippen LogP contribution in [0.25, 0.3) is 11.5 Å². The lowest BCUT2D eigenvalue weighted by atomic mass is 10.2. The molecule has 2 N–H and O–H groups in total. The first-order valence-electron chi connectivity index (χ1n) is 8.32. The molecule has 0 saturated carbocycles. The van der Waals surface area contributed by atoms with Crippen LogP contribution < -0.4 is 5.73 Å². The second-order valence-electron chi connectivity index (χ2n) is 6.43. The molecule has 1 aromatic rings. The number of hydrogen-bond acceptors (Lipinski definition) is 5. The van der Waals surface area contributed by atoms with E-state index in [1.807, 2.05) is 11.5 Å². The van der Waals surface area contributed by atoms with Crippen LogP contribution in [-0.2, 0) is 6.54 Å². The van der Waals surface area contributed by atoms with Crippen LogP contribution in [0.1, 0.15) is 30.9 Å². The highest BCUT2D eigenvalue weighted by atomic mass is 32.2. The number of hydrogen-bond donors (Lipinski definition) is 1. The fourth-order valence-corrected chi connectivity index (χ4v) is 3.55. The molecular weight excluding hydrogens is 330 g/mol. The summed E-state index contributed by atoms with van der Waals surface area (Å²) in [7, 11) is 0. The average molecular weight is 353 g/mol. The molecule has 3 rings (SSSR count). The highest BCUT2D eigenvalue weighted by Crippen LogP contribution is 2.33. The molecule has 0 aromatic heterocycles. The first-order chi connectivity index (χ1) is 11.9. The number of rotatable bonds is 6. The van der Waals surface area contributed by atoms with Crippen LogP contribution >= 0.6 is 11.8 Å². The first kappa shape index (κ1) is 17.5. The zero-order valence-corrected chi connectivity index (χ0v) is 15.7. The molecule has 0 atom stereocenters. The Morgan fingerprint density at radius 3 is 2.84 bits per heavy atom. The van der Waals surface area contributed by atoms with Crippen LogP contribution in [-0.4, -0.2) is 19.5 Å². The summed E-state index contributed by atoms with van der Waals surface area (Å²) in [6.07, 6.45) is 3.72. The summed E-state index contributed by atoms with van der Waals surface area (Å²) in [6.45, 7) is 11.0. The summed E-state index contributed by atoms with van der Waals surface area (Å²) in [5.41, 5.74) is 10.3. The normalized spacial score (nSPS) is 11.2. The molecule has 6 heteroatoms. The molecule has 0 saturated heterocycles. The number of imidazole rings is 1. The van der Waals surface area contributed by atoms with Crippen molar-refractivity contribution in [3.05, 3.63) is 47.8 Å². The number of nitrogen functional groups attached to an aromatic ring is 1. The minimum Gasteiger partial charge on any atom is -0.382 e. The Bertz CT molecular complexity index is 884. The molecule has 25 heavy (non-hydrogen) atoms. The molecule has 0 bridgehead atoms. The van der Waals surface area contributed by atoms with Gasteiger partial charge in [-0.2, -0.15) is 0 Å². The quantitative estimate of drug-likeness (QED) is 0.661. The lowest BCUT2D eigenvalue weighted by Gasteiger charge is -2.10. The minimum atomic E-state index is 0.423. The number of aryl methyl sites for hydroxylation is 3. The Labute approximate surface area is 152 Å². The molecule has 2 heterocycles. The first-order valence-corrected chi connectivity index (χ1v) is 9.13. The summed E-state index contributed by atoms with van der Waals surface area (Å²) in [4.78, 5) is 14.7. The minimum absolute atomic E-state index is 0.423. The van der Waals surface area contributed by atoms with Gasteiger partial charge >= 0.3 is 0 Å². The van der Waals surface area contributed by atoms with Crippen LogP contribution in [0.3, 0.4) is 0 Å². The van der Waals surface area contributed by atoms with Gasteiger partial charge in [0, 0.05) is 11.4 Å². The zero-order chi connectivity index (χ0) is 18.0. The van der Waals surface area contributed by atoms with Gasteiger partial charge in [-0.3, -0.25) is 0 Å². The molecule has 0 radical (unpaired) electrons. The van der Waals surface area contributed by atoms with Crippen molar-refractivity contribution in [1.82, 2.24) is 19.5 Å². The van der Waals surface area contributed by atoms with E-state index in [2.05, 4.69) is 48.6 Å². The highest BCUT2D eigenvalue weighted by molar-refractivity contribution is 7.99. The van der Waals surface area contributed by atoms with E-state index in [1.165, 1.54) is 16.7 Å². The van der Waals surface area contributed by atoms with Crippen molar-refractivity contribution in [3.8, 4) is 11.5 Å². The van der Waals surface area contributed by atoms with Crippen molar-refractivity contribution in [2.75, 3.05) is 5.73 Å². The molecule has 2 aliphatic rings. The molecule has 0 amide bonds. The van der Waals surface area contributed by atoms with Gasteiger partial charge in [0.15, 0.2) is 22.5 Å². The van der Waals surface area contributed by atoms with Crippen LogP contribution in [0, 0.1) is 13.8 Å². The lowest BCUT2D eigenvalue weighted by molar-refractivity contribution is 0.626. The van der Waals surface area contributed by atoms with Gasteiger partial charge in [0.2, 0.25) is 0 Å². The second-order valence-corrected chi connectivity index (χ2v) is 7.44. The molecule has 130 valence electrons. The van der Waals surface area contributed by atoms with Gasteiger partial charge < -0.3 is 10.3 Å². The van der Waals surface area contributed by atoms with Gasteiger partial charge in [0.25, 0.3) is 0 Å². The van der Waals surface area contributed by atoms with Crippen molar-refractivity contribution in [2.45, 2.75) is 50.2 Å². The van der Waals surface area contributed by atoms with Crippen molar-refractivity contribution in [2.24, 2.45) is 0 Å². The number of nitrogens with two attached hydrogens (primary N) is 1. The monoisotopic (exact) mass is 353 g/mol. The number of aromatic nitrogens is 4. The summed E-state index contributed by atoms with van der Waals surface area (Å²) in [5.74, 6) is 1.22. The third kappa shape index (κ3) is 4.02. The van der Waals surface area contributed by atoms with E-state index in [-0.39, 0.29) is 0 Å². The van der Waals surface area contributed by atoms with E-state index < -0.39 is 0 Å². The Morgan fingerprint density at radius 2 is 2.08 bits per heavy atom. The Morgan fingerprint density at radius 1 is 1.28 bits per heavy atom. The second kappa shape index (κ2) is 7.27. The Balaban J connectivity index is 1.90. The summed E-state index contributed by atoms with van der Waals surface area (Å²) in [5, 5.41) is 0.706. The van der Waals surface area contributed by atoms with Crippen LogP contribution in [0.2, 0.25) is 0 Å². The Kier molecular flexibility index (Phi) is 5.08. The maximum atomic E-state index is 6.01. The smallest absolute Gasteiger partial charge is 0.195 e. The van der Waals surface area contributed by atoms with Crippen molar-refractivity contribution in [1.29, 1.82) is 0 Å². The summed E-state index contributed by atoms with van der Waals surface area (Å²) >= 11 is 1.57. The van der Waals surface area contributed by atoms with Gasteiger partial charge in [0.05, 0.1) is 6.33 Å². The van der Waals surface area contributed by atoms with Crippen LogP contribution in [0.4, 0.5) is 5.82 Å². The molecule has 2 aliphatic heterocycles. The third-order valence-electron chi connectivity index (χ3n) is 4.02.